The van der Waals surface area contributed by atoms with Gasteiger partial charge in [0.25, 0.3) is 0 Å². The van der Waals surface area contributed by atoms with Gasteiger partial charge in [0.1, 0.15) is 0 Å². The maximum absolute atomic E-state index is 11.9. The molecule has 2 aromatic rings. The van der Waals surface area contributed by atoms with Gasteiger partial charge >= 0.3 is 0 Å². The number of carbonyl (C=O) groups is 1. The van der Waals surface area contributed by atoms with Gasteiger partial charge in [-0.05, 0) is 30.7 Å². The molecule has 1 N–H and O–H groups in total. The number of aromatic nitrogens is 2. The lowest BCUT2D eigenvalue weighted by atomic mass is 10.1. The highest BCUT2D eigenvalue weighted by Gasteiger charge is 2.10. The molecule has 1 atom stereocenters. The molecule has 104 valence electrons. The summed E-state index contributed by atoms with van der Waals surface area (Å²) < 4.78 is 1.02. The van der Waals surface area contributed by atoms with Gasteiger partial charge < -0.3 is 5.32 Å². The van der Waals surface area contributed by atoms with E-state index >= 15 is 0 Å². The molecule has 0 aliphatic carbocycles. The lowest BCUT2D eigenvalue weighted by Crippen LogP contribution is -2.28. The second-order valence-corrected chi connectivity index (χ2v) is 6.02. The summed E-state index contributed by atoms with van der Waals surface area (Å²) in [7, 11) is 0. The van der Waals surface area contributed by atoms with Crippen molar-refractivity contribution in [3.8, 4) is 0 Å². The van der Waals surface area contributed by atoms with Gasteiger partial charge in [-0.25, -0.2) is 9.97 Å². The quantitative estimate of drug-likeness (QED) is 0.663. The molecule has 4 nitrogen and oxygen atoms in total. The largest absolute Gasteiger partial charge is 0.349 e. The third-order valence-corrected chi connectivity index (χ3v) is 4.03. The Morgan fingerprint density at radius 3 is 2.60 bits per heavy atom. The SMILES string of the molecule is CC(NC(=O)CSc1ncccn1)c1ccc(Br)cc1. The van der Waals surface area contributed by atoms with Crippen LogP contribution in [0.15, 0.2) is 52.4 Å². The summed E-state index contributed by atoms with van der Waals surface area (Å²) in [6.07, 6.45) is 3.33. The fourth-order valence-corrected chi connectivity index (χ4v) is 2.49. The van der Waals surface area contributed by atoms with Gasteiger partial charge in [0, 0.05) is 16.9 Å². The van der Waals surface area contributed by atoms with Gasteiger partial charge in [-0.1, -0.05) is 39.8 Å². The van der Waals surface area contributed by atoms with Gasteiger partial charge in [0.15, 0.2) is 5.16 Å². The summed E-state index contributed by atoms with van der Waals surface area (Å²) in [5, 5.41) is 3.57. The Balaban J connectivity index is 1.83. The minimum Gasteiger partial charge on any atom is -0.349 e. The van der Waals surface area contributed by atoms with Crippen molar-refractivity contribution in [3.05, 3.63) is 52.8 Å². The fourth-order valence-electron chi connectivity index (χ4n) is 1.61. The van der Waals surface area contributed by atoms with Gasteiger partial charge in [-0.3, -0.25) is 4.79 Å². The van der Waals surface area contributed by atoms with Crippen LogP contribution < -0.4 is 5.32 Å². The van der Waals surface area contributed by atoms with Crippen molar-refractivity contribution >= 4 is 33.6 Å². The Bertz CT molecular complexity index is 562. The highest BCUT2D eigenvalue weighted by molar-refractivity contribution is 9.10. The van der Waals surface area contributed by atoms with Crippen molar-refractivity contribution in [3.63, 3.8) is 0 Å². The van der Waals surface area contributed by atoms with E-state index in [1.54, 1.807) is 18.5 Å². The Hall–Kier alpha value is -1.40. The lowest BCUT2D eigenvalue weighted by Gasteiger charge is -2.14. The van der Waals surface area contributed by atoms with Gasteiger partial charge in [-0.15, -0.1) is 0 Å². The second-order valence-electron chi connectivity index (χ2n) is 4.16. The van der Waals surface area contributed by atoms with Gasteiger partial charge in [-0.2, -0.15) is 0 Å². The van der Waals surface area contributed by atoms with Crippen LogP contribution in [0.1, 0.15) is 18.5 Å². The molecule has 1 heterocycles. The minimum absolute atomic E-state index is 0.0205. The molecule has 0 saturated carbocycles. The van der Waals surface area contributed by atoms with E-state index in [0.717, 1.165) is 10.0 Å². The number of nitrogens with one attached hydrogen (secondary N) is 1. The summed E-state index contributed by atoms with van der Waals surface area (Å²) in [5.41, 5.74) is 1.07. The predicted molar refractivity (Wildman–Crippen MR) is 83.5 cm³/mol. The van der Waals surface area contributed by atoms with Crippen LogP contribution in [-0.2, 0) is 4.79 Å². The van der Waals surface area contributed by atoms with Crippen molar-refractivity contribution in [2.45, 2.75) is 18.1 Å². The molecule has 0 spiro atoms. The first-order valence-corrected chi connectivity index (χ1v) is 7.87. The van der Waals surface area contributed by atoms with E-state index in [2.05, 4.69) is 31.2 Å². The number of hydrogen-bond donors (Lipinski definition) is 1. The monoisotopic (exact) mass is 351 g/mol. The van der Waals surface area contributed by atoms with Crippen LogP contribution in [0, 0.1) is 0 Å². The molecular weight excluding hydrogens is 338 g/mol. The number of benzene rings is 1. The summed E-state index contributed by atoms with van der Waals surface area (Å²) >= 11 is 4.72. The number of amides is 1. The zero-order valence-corrected chi connectivity index (χ0v) is 13.3. The van der Waals surface area contributed by atoms with E-state index in [0.29, 0.717) is 10.9 Å². The first-order chi connectivity index (χ1) is 9.65. The number of hydrogen-bond acceptors (Lipinski definition) is 4. The molecule has 2 rings (SSSR count). The second kappa shape index (κ2) is 7.40. The predicted octanol–water partition coefficient (Wildman–Crippen LogP) is 3.21. The van der Waals surface area contributed by atoms with Crippen LogP contribution in [0.4, 0.5) is 0 Å². The van der Waals surface area contributed by atoms with Crippen LogP contribution in [0.2, 0.25) is 0 Å². The van der Waals surface area contributed by atoms with Crippen molar-refractivity contribution in [2.75, 3.05) is 5.75 Å². The van der Waals surface area contributed by atoms with Crippen molar-refractivity contribution < 1.29 is 4.79 Å². The normalized spacial score (nSPS) is 11.9. The average Bonchev–Trinajstić information content (AvgIpc) is 2.47. The molecule has 1 unspecified atom stereocenters. The van der Waals surface area contributed by atoms with Crippen molar-refractivity contribution in [1.82, 2.24) is 15.3 Å². The molecule has 0 fully saturated rings. The van der Waals surface area contributed by atoms with E-state index in [-0.39, 0.29) is 11.9 Å². The van der Waals surface area contributed by atoms with Crippen LogP contribution in [0.25, 0.3) is 0 Å². The van der Waals surface area contributed by atoms with Crippen molar-refractivity contribution in [1.29, 1.82) is 0 Å². The molecule has 0 bridgehead atoms. The number of nitrogens with zero attached hydrogens (tertiary/aromatic N) is 2. The van der Waals surface area contributed by atoms with Crippen LogP contribution >= 0.6 is 27.7 Å². The number of rotatable bonds is 5. The molecule has 1 amide bonds. The first-order valence-electron chi connectivity index (χ1n) is 6.10. The summed E-state index contributed by atoms with van der Waals surface area (Å²) in [4.78, 5) is 20.0. The molecular formula is C14H14BrN3OS. The van der Waals surface area contributed by atoms with Gasteiger partial charge in [0.2, 0.25) is 5.91 Å². The summed E-state index contributed by atoms with van der Waals surface area (Å²) in [6, 6.07) is 9.63. The highest BCUT2D eigenvalue weighted by Crippen LogP contribution is 2.17. The Morgan fingerprint density at radius 1 is 1.30 bits per heavy atom. The Kier molecular flexibility index (Phi) is 5.55. The van der Waals surface area contributed by atoms with Gasteiger partial charge in [0.05, 0.1) is 11.8 Å². The number of carbonyl (C=O) groups excluding carboxylic acids is 1. The number of halogens is 1. The lowest BCUT2D eigenvalue weighted by molar-refractivity contribution is -0.119. The molecule has 0 aliphatic rings. The third kappa shape index (κ3) is 4.61. The van der Waals surface area contributed by atoms with Crippen LogP contribution in [0.5, 0.6) is 0 Å². The molecule has 0 radical (unpaired) electrons. The molecule has 0 saturated heterocycles. The fraction of sp³-hybridized carbons (Fsp3) is 0.214. The number of thioether (sulfide) groups is 1. The van der Waals surface area contributed by atoms with E-state index < -0.39 is 0 Å². The molecule has 6 heteroatoms. The smallest absolute Gasteiger partial charge is 0.230 e. The summed E-state index contributed by atoms with van der Waals surface area (Å²) in [5.74, 6) is 0.281. The first kappa shape index (κ1) is 15.0. The topological polar surface area (TPSA) is 54.9 Å². The maximum Gasteiger partial charge on any atom is 0.230 e. The van der Waals surface area contributed by atoms with Crippen LogP contribution in [-0.4, -0.2) is 21.6 Å². The van der Waals surface area contributed by atoms with E-state index in [4.69, 9.17) is 0 Å². The zero-order valence-electron chi connectivity index (χ0n) is 10.9. The molecule has 20 heavy (non-hydrogen) atoms. The molecule has 0 aliphatic heterocycles. The zero-order chi connectivity index (χ0) is 14.4. The minimum atomic E-state index is -0.0297. The molecule has 1 aromatic heterocycles. The van der Waals surface area contributed by atoms with E-state index in [1.807, 2.05) is 31.2 Å². The van der Waals surface area contributed by atoms with E-state index in [9.17, 15) is 4.79 Å². The Labute approximate surface area is 130 Å². The highest BCUT2D eigenvalue weighted by atomic mass is 79.9. The van der Waals surface area contributed by atoms with Crippen molar-refractivity contribution in [2.24, 2.45) is 0 Å². The maximum atomic E-state index is 11.9. The average molecular weight is 352 g/mol. The van der Waals surface area contributed by atoms with Crippen LogP contribution in [0.3, 0.4) is 0 Å². The van der Waals surface area contributed by atoms with E-state index in [1.165, 1.54) is 11.8 Å². The summed E-state index contributed by atoms with van der Waals surface area (Å²) in [6.45, 7) is 1.96. The molecule has 1 aromatic carbocycles. The Morgan fingerprint density at radius 2 is 1.95 bits per heavy atom. The standard InChI is InChI=1S/C14H14BrN3OS/c1-10(11-3-5-12(15)6-4-11)18-13(19)9-20-14-16-7-2-8-17-14/h2-8,10H,9H2,1H3,(H,18,19). The third-order valence-electron chi connectivity index (χ3n) is 2.62.